The Hall–Kier alpha value is -2.91. The number of fused-ring (bicyclic) bond motifs is 1. The van der Waals surface area contributed by atoms with Crippen LogP contribution in [0.2, 0.25) is 6.32 Å². The molecule has 2 aliphatic heterocycles. The first-order chi connectivity index (χ1) is 14.5. The number of ether oxygens (including phenoxy) is 1. The zero-order valence-electron chi connectivity index (χ0n) is 16.4. The van der Waals surface area contributed by atoms with Crippen LogP contribution >= 0.6 is 0 Å². The highest BCUT2D eigenvalue weighted by Crippen LogP contribution is 2.38. The Bertz CT molecular complexity index is 891. The van der Waals surface area contributed by atoms with Gasteiger partial charge in [0, 0.05) is 0 Å². The standard InChI is InChI=1S/C17H24BN4O9/c19-10(7-23)15(24)21-14(20)16(25)22-5-9(6-22)30-11-2-1-8-3-4-18(28,29)31-13(8)12(11)17(26)27/h1-2,9-10,14,23,28-29H,3-7,19-20H2,(H,21,24)(H,26,27)/q-1/t10-,14+/m1/s1. The first-order valence-corrected chi connectivity index (χ1v) is 9.58. The molecule has 31 heavy (non-hydrogen) atoms. The van der Waals surface area contributed by atoms with E-state index in [2.05, 4.69) is 5.32 Å². The minimum absolute atomic E-state index is 0.0385. The highest BCUT2D eigenvalue weighted by molar-refractivity contribution is 6.59. The van der Waals surface area contributed by atoms with Gasteiger partial charge in [-0.3, -0.25) is 9.59 Å². The molecular weight excluding hydrogens is 415 g/mol. The Morgan fingerprint density at radius 3 is 2.58 bits per heavy atom. The molecule has 0 aromatic heterocycles. The van der Waals surface area contributed by atoms with Crippen molar-refractivity contribution >= 4 is 24.5 Å². The number of likely N-dealkylation sites (tertiary alicyclic amines) is 1. The quantitative estimate of drug-likeness (QED) is 0.164. The summed E-state index contributed by atoms with van der Waals surface area (Å²) < 4.78 is 10.8. The van der Waals surface area contributed by atoms with Crippen molar-refractivity contribution in [3.05, 3.63) is 23.3 Å². The van der Waals surface area contributed by atoms with Crippen LogP contribution in [0.3, 0.4) is 0 Å². The molecule has 2 aliphatic rings. The number of nitrogens with one attached hydrogen (secondary N) is 1. The largest absolute Gasteiger partial charge is 0.669 e. The van der Waals surface area contributed by atoms with Gasteiger partial charge in [0.1, 0.15) is 23.5 Å². The molecule has 1 fully saturated rings. The molecule has 2 amide bonds. The third kappa shape index (κ3) is 4.89. The van der Waals surface area contributed by atoms with Crippen LogP contribution in [0.4, 0.5) is 0 Å². The average molecular weight is 439 g/mol. The van der Waals surface area contributed by atoms with Gasteiger partial charge in [-0.05, 0) is 18.1 Å². The lowest BCUT2D eigenvalue weighted by atomic mass is 9.70. The molecule has 2 atom stereocenters. The SMILES string of the molecule is N[C@H](CO)C(=O)N[C@H](N)C(=O)N1CC(Oc2ccc3c(c2C(=O)O)O[B-](O)(O)CC3)C1. The van der Waals surface area contributed by atoms with Crippen molar-refractivity contribution in [2.45, 2.75) is 31.1 Å². The Morgan fingerprint density at radius 1 is 1.29 bits per heavy atom. The monoisotopic (exact) mass is 439 g/mol. The van der Waals surface area contributed by atoms with E-state index in [1.807, 2.05) is 0 Å². The molecule has 0 aliphatic carbocycles. The van der Waals surface area contributed by atoms with Gasteiger partial charge in [0.15, 0.2) is 6.17 Å². The second kappa shape index (κ2) is 8.68. The molecule has 0 radical (unpaired) electrons. The first kappa shape index (κ1) is 22.8. The molecule has 0 bridgehead atoms. The van der Waals surface area contributed by atoms with E-state index in [0.29, 0.717) is 5.56 Å². The lowest BCUT2D eigenvalue weighted by Crippen LogP contribution is -2.64. The van der Waals surface area contributed by atoms with Gasteiger partial charge in [-0.1, -0.05) is 12.4 Å². The summed E-state index contributed by atoms with van der Waals surface area (Å²) in [6.45, 7) is -3.59. The van der Waals surface area contributed by atoms with Crippen LogP contribution < -0.4 is 26.2 Å². The molecule has 0 unspecified atom stereocenters. The lowest BCUT2D eigenvalue weighted by molar-refractivity contribution is -0.144. The Labute approximate surface area is 176 Å². The highest BCUT2D eigenvalue weighted by Gasteiger charge is 2.38. The Kier molecular flexibility index (Phi) is 6.38. The summed E-state index contributed by atoms with van der Waals surface area (Å²) in [4.78, 5) is 37.0. The number of aliphatic hydroxyl groups excluding tert-OH is 1. The molecule has 1 saturated heterocycles. The van der Waals surface area contributed by atoms with Gasteiger partial charge in [-0.2, -0.15) is 0 Å². The van der Waals surface area contributed by atoms with Crippen LogP contribution in [0, 0.1) is 0 Å². The number of carbonyl (C=O) groups excluding carboxylic acids is 2. The van der Waals surface area contributed by atoms with Crippen LogP contribution in [-0.2, 0) is 16.0 Å². The molecule has 0 spiro atoms. The fraction of sp³-hybridized carbons (Fsp3) is 0.471. The third-order valence-corrected chi connectivity index (χ3v) is 5.06. The number of carboxylic acid groups (broad SMARTS) is 1. The van der Waals surface area contributed by atoms with Crippen molar-refractivity contribution < 1.29 is 44.0 Å². The zero-order valence-corrected chi connectivity index (χ0v) is 16.4. The second-order valence-electron chi connectivity index (χ2n) is 7.51. The summed E-state index contributed by atoms with van der Waals surface area (Å²) in [5.41, 5.74) is 11.2. The van der Waals surface area contributed by atoms with Crippen LogP contribution in [0.5, 0.6) is 11.5 Å². The minimum atomic E-state index is -3.16. The minimum Gasteiger partial charge on any atom is -0.669 e. The van der Waals surface area contributed by atoms with E-state index in [1.54, 1.807) is 6.07 Å². The van der Waals surface area contributed by atoms with Gasteiger partial charge in [-0.25, -0.2) is 4.79 Å². The van der Waals surface area contributed by atoms with Crippen LogP contribution in [0.1, 0.15) is 15.9 Å². The van der Waals surface area contributed by atoms with Gasteiger partial charge in [0.05, 0.1) is 25.4 Å². The molecule has 13 nitrogen and oxygen atoms in total. The summed E-state index contributed by atoms with van der Waals surface area (Å²) >= 11 is 0. The van der Waals surface area contributed by atoms with Crippen LogP contribution in [-0.4, -0.2) is 87.7 Å². The number of nitrogens with zero attached hydrogens (tertiary/aromatic N) is 1. The van der Waals surface area contributed by atoms with E-state index in [0.717, 1.165) is 0 Å². The molecule has 3 rings (SSSR count). The average Bonchev–Trinajstić information content (AvgIpc) is 2.67. The Balaban J connectivity index is 1.63. The van der Waals surface area contributed by atoms with Crippen molar-refractivity contribution in [3.8, 4) is 11.5 Å². The molecule has 0 saturated carbocycles. The van der Waals surface area contributed by atoms with Gasteiger partial charge in [0.2, 0.25) is 5.91 Å². The van der Waals surface area contributed by atoms with Crippen molar-refractivity contribution in [2.75, 3.05) is 19.7 Å². The van der Waals surface area contributed by atoms with Crippen molar-refractivity contribution in [2.24, 2.45) is 11.5 Å². The molecule has 1 aromatic carbocycles. The maximum atomic E-state index is 12.3. The second-order valence-corrected chi connectivity index (χ2v) is 7.51. The number of nitrogens with two attached hydrogens (primary N) is 2. The number of amides is 2. The number of hydrogen-bond donors (Lipinski definition) is 7. The topological polar surface area (TPSA) is 218 Å². The van der Waals surface area contributed by atoms with Crippen LogP contribution in [0.15, 0.2) is 12.1 Å². The zero-order chi connectivity index (χ0) is 22.9. The smallest absolute Gasteiger partial charge is 0.430 e. The van der Waals surface area contributed by atoms with Gasteiger partial charge in [0.25, 0.3) is 5.91 Å². The van der Waals surface area contributed by atoms with E-state index < -0.39 is 49.5 Å². The molecule has 14 heteroatoms. The van der Waals surface area contributed by atoms with Crippen molar-refractivity contribution in [3.63, 3.8) is 0 Å². The number of benzene rings is 1. The number of carbonyl (C=O) groups is 3. The summed E-state index contributed by atoms with van der Waals surface area (Å²) in [6, 6.07) is 1.83. The fourth-order valence-electron chi connectivity index (χ4n) is 3.30. The van der Waals surface area contributed by atoms with Gasteiger partial charge >= 0.3 is 12.7 Å². The third-order valence-electron chi connectivity index (χ3n) is 5.06. The fourth-order valence-corrected chi connectivity index (χ4v) is 3.30. The summed E-state index contributed by atoms with van der Waals surface area (Å²) in [5, 5.41) is 40.2. The number of aliphatic hydroxyl groups is 1. The maximum Gasteiger partial charge on any atom is 0.430 e. The molecule has 1 aromatic rings. The summed E-state index contributed by atoms with van der Waals surface area (Å²) in [5.74, 6) is -2.93. The number of hydrogen-bond acceptors (Lipinski definition) is 10. The number of rotatable bonds is 7. The van der Waals surface area contributed by atoms with Gasteiger partial charge < -0.3 is 51.3 Å². The molecule has 170 valence electrons. The number of carboxylic acids is 1. The predicted molar refractivity (Wildman–Crippen MR) is 105 cm³/mol. The number of aryl methyl sites for hydroxylation is 1. The summed E-state index contributed by atoms with van der Waals surface area (Å²) in [7, 11) is 0. The van der Waals surface area contributed by atoms with Crippen molar-refractivity contribution in [1.82, 2.24) is 10.2 Å². The van der Waals surface area contributed by atoms with Crippen molar-refractivity contribution in [1.29, 1.82) is 0 Å². The van der Waals surface area contributed by atoms with E-state index >= 15 is 0 Å². The maximum absolute atomic E-state index is 12.3. The number of aromatic carboxylic acids is 1. The van der Waals surface area contributed by atoms with E-state index in [-0.39, 0.29) is 42.9 Å². The lowest BCUT2D eigenvalue weighted by Gasteiger charge is -2.41. The summed E-state index contributed by atoms with van der Waals surface area (Å²) in [6.07, 6.45) is -1.73. The van der Waals surface area contributed by atoms with E-state index in [9.17, 15) is 29.5 Å². The van der Waals surface area contributed by atoms with Gasteiger partial charge in [-0.15, -0.1) is 0 Å². The van der Waals surface area contributed by atoms with Crippen LogP contribution in [0.25, 0.3) is 0 Å². The predicted octanol–water partition coefficient (Wildman–Crippen LogP) is -3.45. The molecule has 9 N–H and O–H groups in total. The highest BCUT2D eigenvalue weighted by atomic mass is 16.6. The molecule has 2 heterocycles. The Morgan fingerprint density at radius 2 is 1.97 bits per heavy atom. The first-order valence-electron chi connectivity index (χ1n) is 9.58. The van der Waals surface area contributed by atoms with E-state index in [1.165, 1.54) is 11.0 Å². The van der Waals surface area contributed by atoms with E-state index in [4.69, 9.17) is 26.0 Å². The molecular formula is C17H24BN4O9-. The normalized spacial score (nSPS) is 19.3.